The maximum atomic E-state index is 12.2. The Morgan fingerprint density at radius 1 is 1.59 bits per heavy atom. The number of amides is 1. The highest BCUT2D eigenvalue weighted by Crippen LogP contribution is 2.18. The molecule has 0 aromatic carbocycles. The molecule has 4 heteroatoms. The molecule has 0 bridgehead atoms. The lowest BCUT2D eigenvalue weighted by atomic mass is 10.0. The monoisotopic (exact) mass is 252 g/mol. The van der Waals surface area contributed by atoms with Crippen molar-refractivity contribution in [3.63, 3.8) is 0 Å². The molecule has 94 valence electrons. The van der Waals surface area contributed by atoms with E-state index in [9.17, 15) is 4.79 Å². The third-order valence-corrected chi connectivity index (χ3v) is 4.31. The molecule has 0 spiro atoms. The zero-order valence-electron chi connectivity index (χ0n) is 10.5. The summed E-state index contributed by atoms with van der Waals surface area (Å²) in [5.74, 6) is 0.157. The summed E-state index contributed by atoms with van der Waals surface area (Å²) in [5.41, 5.74) is 1.09. The van der Waals surface area contributed by atoms with Crippen LogP contribution in [-0.2, 0) is 0 Å². The summed E-state index contributed by atoms with van der Waals surface area (Å²) >= 11 is 1.54. The highest BCUT2D eigenvalue weighted by molar-refractivity contribution is 7.12. The van der Waals surface area contributed by atoms with Gasteiger partial charge in [-0.05, 0) is 43.3 Å². The van der Waals surface area contributed by atoms with Crippen molar-refractivity contribution in [1.29, 1.82) is 0 Å². The Hall–Kier alpha value is -0.870. The lowest BCUT2D eigenvalue weighted by Gasteiger charge is -2.28. The van der Waals surface area contributed by atoms with Gasteiger partial charge in [0.15, 0.2) is 0 Å². The van der Waals surface area contributed by atoms with Crippen molar-refractivity contribution in [2.24, 2.45) is 0 Å². The van der Waals surface area contributed by atoms with E-state index >= 15 is 0 Å². The van der Waals surface area contributed by atoms with Crippen LogP contribution in [0.1, 0.15) is 34.5 Å². The van der Waals surface area contributed by atoms with Crippen LogP contribution < -0.4 is 5.32 Å². The molecule has 1 aromatic rings. The standard InChI is InChI=1S/C13H20N2OS/c1-10-6-8-17-12(10)13(16)15(2)9-11-5-3-4-7-14-11/h6,8,11,14H,3-5,7,9H2,1-2H3. The fourth-order valence-electron chi connectivity index (χ4n) is 2.26. The van der Waals surface area contributed by atoms with E-state index in [4.69, 9.17) is 0 Å². The Labute approximate surface area is 107 Å². The molecule has 1 atom stereocenters. The Balaban J connectivity index is 1.93. The highest BCUT2D eigenvalue weighted by Gasteiger charge is 2.20. The molecule has 2 heterocycles. The SMILES string of the molecule is Cc1ccsc1C(=O)N(C)CC1CCCCN1. The minimum absolute atomic E-state index is 0.157. The molecule has 1 amide bonds. The van der Waals surface area contributed by atoms with Crippen LogP contribution in [0.4, 0.5) is 0 Å². The van der Waals surface area contributed by atoms with E-state index < -0.39 is 0 Å². The summed E-state index contributed by atoms with van der Waals surface area (Å²) in [5, 5.41) is 5.46. The number of carbonyl (C=O) groups is 1. The molecule has 1 N–H and O–H groups in total. The molecule has 1 aliphatic rings. The Morgan fingerprint density at radius 2 is 2.41 bits per heavy atom. The number of thiophene rings is 1. The van der Waals surface area contributed by atoms with Crippen molar-refractivity contribution in [3.8, 4) is 0 Å². The summed E-state index contributed by atoms with van der Waals surface area (Å²) in [6, 6.07) is 2.47. The van der Waals surface area contributed by atoms with Gasteiger partial charge >= 0.3 is 0 Å². The number of likely N-dealkylation sites (N-methyl/N-ethyl adjacent to an activating group) is 1. The van der Waals surface area contributed by atoms with Gasteiger partial charge in [0.1, 0.15) is 0 Å². The van der Waals surface area contributed by atoms with Crippen LogP contribution in [0.5, 0.6) is 0 Å². The highest BCUT2D eigenvalue weighted by atomic mass is 32.1. The Morgan fingerprint density at radius 3 is 3.00 bits per heavy atom. The van der Waals surface area contributed by atoms with Crippen LogP contribution in [0, 0.1) is 6.92 Å². The Kier molecular flexibility index (Phi) is 4.18. The molecule has 17 heavy (non-hydrogen) atoms. The lowest BCUT2D eigenvalue weighted by molar-refractivity contribution is 0.0779. The van der Waals surface area contributed by atoms with Crippen molar-refractivity contribution in [2.75, 3.05) is 20.1 Å². The predicted molar refractivity (Wildman–Crippen MR) is 71.7 cm³/mol. The molecule has 1 fully saturated rings. The van der Waals surface area contributed by atoms with Crippen molar-refractivity contribution < 1.29 is 4.79 Å². The molecule has 0 aliphatic carbocycles. The maximum Gasteiger partial charge on any atom is 0.263 e. The molecule has 3 nitrogen and oxygen atoms in total. The first-order chi connectivity index (χ1) is 8.18. The fourth-order valence-corrected chi connectivity index (χ4v) is 3.18. The van der Waals surface area contributed by atoms with Gasteiger partial charge in [-0.15, -0.1) is 11.3 Å². The van der Waals surface area contributed by atoms with E-state index in [0.29, 0.717) is 6.04 Å². The van der Waals surface area contributed by atoms with Gasteiger partial charge in [-0.1, -0.05) is 6.42 Å². The first-order valence-electron chi connectivity index (χ1n) is 6.21. The number of rotatable bonds is 3. The van der Waals surface area contributed by atoms with Crippen LogP contribution in [-0.4, -0.2) is 37.0 Å². The van der Waals surface area contributed by atoms with Gasteiger partial charge < -0.3 is 10.2 Å². The van der Waals surface area contributed by atoms with E-state index in [1.807, 2.05) is 30.3 Å². The number of nitrogens with one attached hydrogen (secondary N) is 1. The number of hydrogen-bond donors (Lipinski definition) is 1. The zero-order valence-corrected chi connectivity index (χ0v) is 11.3. The Bertz CT molecular complexity index is 383. The van der Waals surface area contributed by atoms with Crippen molar-refractivity contribution in [1.82, 2.24) is 10.2 Å². The third kappa shape index (κ3) is 3.07. The van der Waals surface area contributed by atoms with E-state index in [1.54, 1.807) is 0 Å². The zero-order chi connectivity index (χ0) is 12.3. The van der Waals surface area contributed by atoms with Crippen molar-refractivity contribution in [2.45, 2.75) is 32.2 Å². The normalized spacial score (nSPS) is 20.2. The first-order valence-corrected chi connectivity index (χ1v) is 7.09. The van der Waals surface area contributed by atoms with Crippen LogP contribution in [0.25, 0.3) is 0 Å². The second-order valence-corrected chi connectivity index (χ2v) is 5.68. The summed E-state index contributed by atoms with van der Waals surface area (Å²) in [6.07, 6.45) is 3.72. The number of piperidine rings is 1. The minimum Gasteiger partial charge on any atom is -0.339 e. The van der Waals surface area contributed by atoms with Crippen molar-refractivity contribution in [3.05, 3.63) is 21.9 Å². The number of carbonyl (C=O) groups excluding carboxylic acids is 1. The average molecular weight is 252 g/mol. The van der Waals surface area contributed by atoms with Crippen LogP contribution in [0.2, 0.25) is 0 Å². The molecule has 0 saturated carbocycles. The maximum absolute atomic E-state index is 12.2. The van der Waals surface area contributed by atoms with E-state index in [-0.39, 0.29) is 5.91 Å². The van der Waals surface area contributed by atoms with Gasteiger partial charge in [0, 0.05) is 19.6 Å². The van der Waals surface area contributed by atoms with E-state index in [0.717, 1.165) is 23.5 Å². The summed E-state index contributed by atoms with van der Waals surface area (Å²) < 4.78 is 0. The van der Waals surface area contributed by atoms with Crippen LogP contribution in [0.3, 0.4) is 0 Å². The fraction of sp³-hybridized carbons (Fsp3) is 0.615. The molecular weight excluding hydrogens is 232 g/mol. The molecule has 0 radical (unpaired) electrons. The molecule has 2 rings (SSSR count). The van der Waals surface area contributed by atoms with Crippen molar-refractivity contribution >= 4 is 17.2 Å². The quantitative estimate of drug-likeness (QED) is 0.895. The van der Waals surface area contributed by atoms with E-state index in [2.05, 4.69) is 5.32 Å². The number of hydrogen-bond acceptors (Lipinski definition) is 3. The second-order valence-electron chi connectivity index (χ2n) is 4.77. The number of aryl methyl sites for hydroxylation is 1. The van der Waals surface area contributed by atoms with Crippen LogP contribution >= 0.6 is 11.3 Å². The van der Waals surface area contributed by atoms with Crippen LogP contribution in [0.15, 0.2) is 11.4 Å². The molecule has 1 aliphatic heterocycles. The molecule has 1 unspecified atom stereocenters. The smallest absolute Gasteiger partial charge is 0.263 e. The van der Waals surface area contributed by atoms with E-state index in [1.165, 1.54) is 30.6 Å². The topological polar surface area (TPSA) is 32.3 Å². The van der Waals surface area contributed by atoms with Gasteiger partial charge in [-0.2, -0.15) is 0 Å². The summed E-state index contributed by atoms with van der Waals surface area (Å²) in [4.78, 5) is 14.9. The first kappa shape index (κ1) is 12.6. The molecule has 1 saturated heterocycles. The van der Waals surface area contributed by atoms with Gasteiger partial charge in [0.25, 0.3) is 5.91 Å². The predicted octanol–water partition coefficient (Wildman–Crippen LogP) is 2.27. The number of nitrogens with zero attached hydrogens (tertiary/aromatic N) is 1. The minimum atomic E-state index is 0.157. The summed E-state index contributed by atoms with van der Waals surface area (Å²) in [7, 11) is 1.90. The molecule has 1 aromatic heterocycles. The lowest BCUT2D eigenvalue weighted by Crippen LogP contribution is -2.44. The molecular formula is C13H20N2OS. The van der Waals surface area contributed by atoms with Gasteiger partial charge in [0.05, 0.1) is 4.88 Å². The summed E-state index contributed by atoms with van der Waals surface area (Å²) in [6.45, 7) is 3.90. The third-order valence-electron chi connectivity index (χ3n) is 3.31. The van der Waals surface area contributed by atoms with Gasteiger partial charge in [-0.3, -0.25) is 4.79 Å². The largest absolute Gasteiger partial charge is 0.339 e. The van der Waals surface area contributed by atoms with Gasteiger partial charge in [0.2, 0.25) is 0 Å². The second kappa shape index (κ2) is 5.65. The van der Waals surface area contributed by atoms with Gasteiger partial charge in [-0.25, -0.2) is 0 Å². The average Bonchev–Trinajstić information content (AvgIpc) is 2.76.